The van der Waals surface area contributed by atoms with Crippen LogP contribution in [0.3, 0.4) is 0 Å². The summed E-state index contributed by atoms with van der Waals surface area (Å²) in [4.78, 5) is 0. The van der Waals surface area contributed by atoms with Gasteiger partial charge in [0.2, 0.25) is 0 Å². The lowest BCUT2D eigenvalue weighted by Gasteiger charge is -2.15. The lowest BCUT2D eigenvalue weighted by Crippen LogP contribution is -1.97. The van der Waals surface area contributed by atoms with E-state index in [0.717, 1.165) is 21.3 Å². The Balaban J connectivity index is 2.28. The second-order valence-corrected chi connectivity index (χ2v) is 5.61. The largest absolute Gasteiger partial charge is 0.494 e. The zero-order valence-corrected chi connectivity index (χ0v) is 13.3. The highest BCUT2D eigenvalue weighted by Crippen LogP contribution is 2.34. The van der Waals surface area contributed by atoms with E-state index in [9.17, 15) is 0 Å². The normalized spacial score (nSPS) is 12.2. The predicted octanol–water partition coefficient (Wildman–Crippen LogP) is 5.48. The van der Waals surface area contributed by atoms with Crippen molar-refractivity contribution < 1.29 is 4.74 Å². The quantitative estimate of drug-likeness (QED) is 0.670. The summed E-state index contributed by atoms with van der Waals surface area (Å²) in [5.74, 6) is 0.876. The molecule has 0 radical (unpaired) electrons. The van der Waals surface area contributed by atoms with Crippen molar-refractivity contribution in [2.45, 2.75) is 19.2 Å². The number of hydrogen-bond acceptors (Lipinski definition) is 1. The van der Waals surface area contributed by atoms with E-state index in [0.29, 0.717) is 6.61 Å². The molecular weight excluding hydrogens is 324 g/mol. The summed E-state index contributed by atoms with van der Waals surface area (Å²) in [5, 5.41) is -0.145. The Kier molecular flexibility index (Phi) is 4.89. The van der Waals surface area contributed by atoms with Gasteiger partial charge in [0.05, 0.1) is 12.0 Å². The maximum atomic E-state index is 6.58. The van der Waals surface area contributed by atoms with Gasteiger partial charge >= 0.3 is 0 Å². The Hall–Kier alpha value is -0.990. The van der Waals surface area contributed by atoms with Crippen LogP contribution in [0.2, 0.25) is 0 Å². The first-order chi connectivity index (χ1) is 9.13. The summed E-state index contributed by atoms with van der Waals surface area (Å²) in [5.41, 5.74) is 3.38. The molecule has 19 heavy (non-hydrogen) atoms. The minimum absolute atomic E-state index is 0.145. The van der Waals surface area contributed by atoms with Crippen molar-refractivity contribution in [3.05, 3.63) is 63.6 Å². The number of alkyl halides is 1. The smallest absolute Gasteiger partial charge is 0.119 e. The average molecular weight is 340 g/mol. The van der Waals surface area contributed by atoms with Crippen LogP contribution in [0.4, 0.5) is 0 Å². The highest BCUT2D eigenvalue weighted by atomic mass is 79.9. The van der Waals surface area contributed by atoms with E-state index >= 15 is 0 Å². The molecular formula is C16H16BrClO. The molecule has 0 aromatic heterocycles. The molecule has 100 valence electrons. The summed E-state index contributed by atoms with van der Waals surface area (Å²) < 4.78 is 6.52. The Morgan fingerprint density at radius 2 is 1.84 bits per heavy atom. The van der Waals surface area contributed by atoms with Crippen molar-refractivity contribution in [3.8, 4) is 5.75 Å². The zero-order chi connectivity index (χ0) is 13.8. The molecule has 0 aliphatic carbocycles. The molecule has 0 N–H and O–H groups in total. The average Bonchev–Trinajstić information content (AvgIpc) is 2.42. The van der Waals surface area contributed by atoms with Crippen LogP contribution in [0, 0.1) is 6.92 Å². The van der Waals surface area contributed by atoms with Crippen molar-refractivity contribution in [1.82, 2.24) is 0 Å². The van der Waals surface area contributed by atoms with E-state index in [1.165, 1.54) is 5.56 Å². The molecule has 0 saturated carbocycles. The molecule has 0 aliphatic heterocycles. The highest BCUT2D eigenvalue weighted by molar-refractivity contribution is 9.10. The minimum Gasteiger partial charge on any atom is -0.494 e. The molecule has 1 atom stereocenters. The predicted molar refractivity (Wildman–Crippen MR) is 84.2 cm³/mol. The van der Waals surface area contributed by atoms with Gasteiger partial charge in [0.1, 0.15) is 5.75 Å². The fourth-order valence-corrected chi connectivity index (χ4v) is 2.74. The van der Waals surface area contributed by atoms with Crippen LogP contribution in [0.5, 0.6) is 5.75 Å². The number of benzene rings is 2. The maximum Gasteiger partial charge on any atom is 0.119 e. The SMILES string of the molecule is CCOc1ccc(C(Cl)c2cccc(Br)c2C)cc1. The third-order valence-corrected chi connectivity index (χ3v) is 4.41. The lowest BCUT2D eigenvalue weighted by atomic mass is 10.00. The molecule has 0 spiro atoms. The van der Waals surface area contributed by atoms with Crippen LogP contribution in [0.25, 0.3) is 0 Å². The number of ether oxygens (including phenoxy) is 1. The van der Waals surface area contributed by atoms with Crippen LogP contribution in [0.1, 0.15) is 29.0 Å². The maximum absolute atomic E-state index is 6.58. The van der Waals surface area contributed by atoms with Crippen molar-refractivity contribution in [3.63, 3.8) is 0 Å². The Morgan fingerprint density at radius 3 is 2.47 bits per heavy atom. The Morgan fingerprint density at radius 1 is 1.16 bits per heavy atom. The molecule has 3 heteroatoms. The number of halogens is 2. The summed E-state index contributed by atoms with van der Waals surface area (Å²) in [7, 11) is 0. The summed E-state index contributed by atoms with van der Waals surface area (Å²) in [6, 6.07) is 14.1. The fourth-order valence-electron chi connectivity index (χ4n) is 1.98. The Bertz CT molecular complexity index is 551. The van der Waals surface area contributed by atoms with Crippen molar-refractivity contribution in [1.29, 1.82) is 0 Å². The van der Waals surface area contributed by atoms with Crippen LogP contribution in [-0.4, -0.2) is 6.61 Å². The number of hydrogen-bond donors (Lipinski definition) is 0. The van der Waals surface area contributed by atoms with Crippen LogP contribution >= 0.6 is 27.5 Å². The monoisotopic (exact) mass is 338 g/mol. The van der Waals surface area contributed by atoms with E-state index < -0.39 is 0 Å². The van der Waals surface area contributed by atoms with Crippen LogP contribution in [-0.2, 0) is 0 Å². The fraction of sp³-hybridized carbons (Fsp3) is 0.250. The molecule has 1 nitrogen and oxygen atoms in total. The van der Waals surface area contributed by atoms with Gasteiger partial charge in [0.15, 0.2) is 0 Å². The van der Waals surface area contributed by atoms with Crippen LogP contribution in [0.15, 0.2) is 46.9 Å². The molecule has 2 aromatic carbocycles. The number of rotatable bonds is 4. The van der Waals surface area contributed by atoms with E-state index in [1.54, 1.807) is 0 Å². The molecule has 2 rings (SSSR count). The van der Waals surface area contributed by atoms with Crippen LogP contribution < -0.4 is 4.74 Å². The standard InChI is InChI=1S/C16H16BrClO/c1-3-19-13-9-7-12(8-10-13)16(18)14-5-4-6-15(17)11(14)2/h4-10,16H,3H2,1-2H3. The molecule has 1 unspecified atom stereocenters. The molecule has 0 fully saturated rings. The van der Waals surface area contributed by atoms with Gasteiger partial charge in [0.25, 0.3) is 0 Å². The van der Waals surface area contributed by atoms with Gasteiger partial charge in [-0.15, -0.1) is 11.6 Å². The second kappa shape index (κ2) is 6.44. The second-order valence-electron chi connectivity index (χ2n) is 4.32. The van der Waals surface area contributed by atoms with Crippen molar-refractivity contribution in [2.75, 3.05) is 6.61 Å². The first-order valence-electron chi connectivity index (χ1n) is 6.25. The van der Waals surface area contributed by atoms with Gasteiger partial charge in [-0.3, -0.25) is 0 Å². The van der Waals surface area contributed by atoms with Gasteiger partial charge in [-0.1, -0.05) is 40.2 Å². The third kappa shape index (κ3) is 3.31. The van der Waals surface area contributed by atoms with E-state index in [1.807, 2.05) is 43.3 Å². The third-order valence-electron chi connectivity index (χ3n) is 3.07. The highest BCUT2D eigenvalue weighted by Gasteiger charge is 2.14. The van der Waals surface area contributed by atoms with E-state index in [-0.39, 0.29) is 5.38 Å². The van der Waals surface area contributed by atoms with E-state index in [2.05, 4.69) is 28.9 Å². The van der Waals surface area contributed by atoms with Gasteiger partial charge < -0.3 is 4.74 Å². The van der Waals surface area contributed by atoms with E-state index in [4.69, 9.17) is 16.3 Å². The van der Waals surface area contributed by atoms with Gasteiger partial charge in [0, 0.05) is 4.47 Å². The summed E-state index contributed by atoms with van der Waals surface area (Å²) in [6.07, 6.45) is 0. The van der Waals surface area contributed by atoms with Crippen molar-refractivity contribution >= 4 is 27.5 Å². The molecule has 0 amide bonds. The Labute approximate surface area is 127 Å². The first-order valence-corrected chi connectivity index (χ1v) is 7.48. The minimum atomic E-state index is -0.145. The summed E-state index contributed by atoms with van der Waals surface area (Å²) in [6.45, 7) is 4.72. The lowest BCUT2D eigenvalue weighted by molar-refractivity contribution is 0.340. The van der Waals surface area contributed by atoms with Crippen molar-refractivity contribution in [2.24, 2.45) is 0 Å². The van der Waals surface area contributed by atoms with Gasteiger partial charge in [-0.25, -0.2) is 0 Å². The summed E-state index contributed by atoms with van der Waals surface area (Å²) >= 11 is 10.1. The molecule has 0 aliphatic rings. The van der Waals surface area contributed by atoms with Gasteiger partial charge in [-0.05, 0) is 48.7 Å². The zero-order valence-electron chi connectivity index (χ0n) is 11.0. The molecule has 0 heterocycles. The molecule has 2 aromatic rings. The topological polar surface area (TPSA) is 9.23 Å². The molecule has 0 bridgehead atoms. The first kappa shape index (κ1) is 14.4. The van der Waals surface area contributed by atoms with Gasteiger partial charge in [-0.2, -0.15) is 0 Å². The molecule has 0 saturated heterocycles.